The summed E-state index contributed by atoms with van der Waals surface area (Å²) in [5, 5.41) is 0. The van der Waals surface area contributed by atoms with Gasteiger partial charge in [0, 0.05) is 22.5 Å². The molecule has 1 fully saturated rings. The van der Waals surface area contributed by atoms with Crippen LogP contribution >= 0.6 is 28.6 Å². The highest BCUT2D eigenvalue weighted by Gasteiger charge is 2.20. The Morgan fingerprint density at radius 3 is 2.69 bits per heavy atom. The number of benzene rings is 1. The first-order valence-electron chi connectivity index (χ1n) is 5.04. The lowest BCUT2D eigenvalue weighted by Gasteiger charge is -2.27. The fourth-order valence-corrected chi connectivity index (χ4v) is 2.47. The fourth-order valence-electron chi connectivity index (χ4n) is 1.62. The molecule has 1 aliphatic heterocycles. The van der Waals surface area contributed by atoms with Gasteiger partial charge in [0.1, 0.15) is 0 Å². The maximum atomic E-state index is 12.1. The average Bonchev–Trinajstić information content (AvgIpc) is 2.29. The van der Waals surface area contributed by atoms with Gasteiger partial charge in [0.2, 0.25) is 0 Å². The molecule has 1 amide bonds. The van der Waals surface area contributed by atoms with Crippen LogP contribution in [0.3, 0.4) is 0 Å². The number of amides is 1. The molecule has 1 aliphatic rings. The highest BCUT2D eigenvalue weighted by atomic mass is 79.9. The van der Waals surface area contributed by atoms with Crippen LogP contribution in [-0.2, 0) is 4.74 Å². The van der Waals surface area contributed by atoms with Crippen LogP contribution in [0.2, 0.25) is 0 Å². The van der Waals surface area contributed by atoms with Crippen LogP contribution < -0.4 is 0 Å². The minimum Gasteiger partial charge on any atom is -0.378 e. The molecular weight excluding hydrogens is 290 g/mol. The quantitative estimate of drug-likeness (QED) is 0.806. The first-order valence-corrected chi connectivity index (χ1v) is 6.28. The van der Waals surface area contributed by atoms with Crippen molar-refractivity contribution < 1.29 is 9.53 Å². The zero-order valence-electron chi connectivity index (χ0n) is 8.65. The summed E-state index contributed by atoms with van der Waals surface area (Å²) in [7, 11) is 0. The van der Waals surface area contributed by atoms with Gasteiger partial charge in [-0.15, -0.1) is 12.6 Å². The van der Waals surface area contributed by atoms with Gasteiger partial charge in [0.25, 0.3) is 5.91 Å². The number of ether oxygens (including phenoxy) is 1. The van der Waals surface area contributed by atoms with E-state index in [0.29, 0.717) is 36.8 Å². The highest BCUT2D eigenvalue weighted by molar-refractivity contribution is 9.10. The molecule has 86 valence electrons. The van der Waals surface area contributed by atoms with Gasteiger partial charge in [-0.2, -0.15) is 0 Å². The zero-order chi connectivity index (χ0) is 11.5. The van der Waals surface area contributed by atoms with Gasteiger partial charge in [-0.25, -0.2) is 0 Å². The Morgan fingerprint density at radius 1 is 1.38 bits per heavy atom. The average molecular weight is 302 g/mol. The Kier molecular flexibility index (Phi) is 3.89. The monoisotopic (exact) mass is 301 g/mol. The Hall–Kier alpha value is -0.520. The SMILES string of the molecule is O=C(c1ccc(Br)cc1S)N1CCOCC1. The molecule has 16 heavy (non-hydrogen) atoms. The second-order valence-corrected chi connectivity index (χ2v) is 4.96. The van der Waals surface area contributed by atoms with Crippen LogP contribution in [0, 0.1) is 0 Å². The standard InChI is InChI=1S/C11H12BrNO2S/c12-8-1-2-9(10(16)7-8)11(14)13-3-5-15-6-4-13/h1-2,7,16H,3-6H2. The maximum absolute atomic E-state index is 12.1. The summed E-state index contributed by atoms with van der Waals surface area (Å²) in [5.41, 5.74) is 0.647. The van der Waals surface area contributed by atoms with Gasteiger partial charge in [0.15, 0.2) is 0 Å². The normalized spacial score (nSPS) is 16.2. The van der Waals surface area contributed by atoms with Crippen molar-refractivity contribution in [3.63, 3.8) is 0 Å². The van der Waals surface area contributed by atoms with E-state index < -0.39 is 0 Å². The number of thiol groups is 1. The lowest BCUT2D eigenvalue weighted by atomic mass is 10.2. The van der Waals surface area contributed by atoms with Crippen molar-refractivity contribution in [1.82, 2.24) is 4.90 Å². The highest BCUT2D eigenvalue weighted by Crippen LogP contribution is 2.21. The van der Waals surface area contributed by atoms with E-state index in [1.54, 1.807) is 11.0 Å². The van der Waals surface area contributed by atoms with Crippen LogP contribution in [0.15, 0.2) is 27.6 Å². The number of halogens is 1. The Labute approximate surface area is 108 Å². The van der Waals surface area contributed by atoms with Crippen molar-refractivity contribution in [3.05, 3.63) is 28.2 Å². The summed E-state index contributed by atoms with van der Waals surface area (Å²) in [4.78, 5) is 14.6. The minimum atomic E-state index is 0.0285. The molecule has 1 aromatic rings. The molecule has 0 bridgehead atoms. The number of hydrogen-bond donors (Lipinski definition) is 1. The van der Waals surface area contributed by atoms with E-state index >= 15 is 0 Å². The molecule has 1 saturated heterocycles. The minimum absolute atomic E-state index is 0.0285. The van der Waals surface area contributed by atoms with Crippen molar-refractivity contribution in [2.24, 2.45) is 0 Å². The largest absolute Gasteiger partial charge is 0.378 e. The van der Waals surface area contributed by atoms with E-state index in [-0.39, 0.29) is 5.91 Å². The topological polar surface area (TPSA) is 29.5 Å². The van der Waals surface area contributed by atoms with Gasteiger partial charge in [-0.3, -0.25) is 4.79 Å². The molecule has 1 aromatic carbocycles. The van der Waals surface area contributed by atoms with E-state index in [0.717, 1.165) is 4.47 Å². The molecular formula is C11H12BrNO2S. The van der Waals surface area contributed by atoms with Crippen molar-refractivity contribution in [2.75, 3.05) is 26.3 Å². The lowest BCUT2D eigenvalue weighted by molar-refractivity contribution is 0.0300. The number of carbonyl (C=O) groups excluding carboxylic acids is 1. The third-order valence-corrected chi connectivity index (χ3v) is 3.35. The van der Waals surface area contributed by atoms with Crippen LogP contribution in [0.25, 0.3) is 0 Å². The van der Waals surface area contributed by atoms with Crippen LogP contribution in [-0.4, -0.2) is 37.1 Å². The van der Waals surface area contributed by atoms with E-state index in [9.17, 15) is 4.79 Å². The molecule has 5 heteroatoms. The van der Waals surface area contributed by atoms with Gasteiger partial charge < -0.3 is 9.64 Å². The van der Waals surface area contributed by atoms with Gasteiger partial charge in [0.05, 0.1) is 18.8 Å². The number of morpholine rings is 1. The molecule has 0 unspecified atom stereocenters. The van der Waals surface area contributed by atoms with Crippen molar-refractivity contribution in [1.29, 1.82) is 0 Å². The summed E-state index contributed by atoms with van der Waals surface area (Å²) >= 11 is 7.67. The van der Waals surface area contributed by atoms with Crippen LogP contribution in [0.4, 0.5) is 0 Å². The second-order valence-electron chi connectivity index (χ2n) is 3.57. The summed E-state index contributed by atoms with van der Waals surface area (Å²) in [6.45, 7) is 2.54. The van der Waals surface area contributed by atoms with Crippen molar-refractivity contribution >= 4 is 34.5 Å². The number of carbonyl (C=O) groups is 1. The summed E-state index contributed by atoms with van der Waals surface area (Å²) in [5.74, 6) is 0.0285. The number of hydrogen-bond acceptors (Lipinski definition) is 3. The van der Waals surface area contributed by atoms with Crippen molar-refractivity contribution in [3.8, 4) is 0 Å². The third-order valence-electron chi connectivity index (χ3n) is 2.49. The van der Waals surface area contributed by atoms with E-state index in [1.807, 2.05) is 12.1 Å². The van der Waals surface area contributed by atoms with E-state index in [4.69, 9.17) is 4.74 Å². The van der Waals surface area contributed by atoms with Crippen LogP contribution in [0.5, 0.6) is 0 Å². The lowest BCUT2D eigenvalue weighted by Crippen LogP contribution is -2.40. The summed E-state index contributed by atoms with van der Waals surface area (Å²) in [6.07, 6.45) is 0. The predicted molar refractivity (Wildman–Crippen MR) is 68.1 cm³/mol. The second kappa shape index (κ2) is 5.21. The smallest absolute Gasteiger partial charge is 0.255 e. The predicted octanol–water partition coefficient (Wildman–Crippen LogP) is 2.21. The fraction of sp³-hybridized carbons (Fsp3) is 0.364. The molecule has 0 atom stereocenters. The zero-order valence-corrected chi connectivity index (χ0v) is 11.1. The third kappa shape index (κ3) is 2.59. The van der Waals surface area contributed by atoms with Crippen LogP contribution in [0.1, 0.15) is 10.4 Å². The molecule has 0 saturated carbocycles. The molecule has 0 aromatic heterocycles. The molecule has 0 radical (unpaired) electrons. The van der Waals surface area contributed by atoms with Gasteiger partial charge >= 0.3 is 0 Å². The molecule has 0 aliphatic carbocycles. The molecule has 0 spiro atoms. The maximum Gasteiger partial charge on any atom is 0.255 e. The molecule has 0 N–H and O–H groups in total. The summed E-state index contributed by atoms with van der Waals surface area (Å²) in [6, 6.07) is 5.48. The molecule has 1 heterocycles. The van der Waals surface area contributed by atoms with E-state index in [1.165, 1.54) is 0 Å². The van der Waals surface area contributed by atoms with Crippen molar-refractivity contribution in [2.45, 2.75) is 4.90 Å². The van der Waals surface area contributed by atoms with Gasteiger partial charge in [-0.1, -0.05) is 15.9 Å². The number of nitrogens with zero attached hydrogens (tertiary/aromatic N) is 1. The summed E-state index contributed by atoms with van der Waals surface area (Å²) < 4.78 is 6.14. The van der Waals surface area contributed by atoms with Gasteiger partial charge in [-0.05, 0) is 18.2 Å². The first kappa shape index (κ1) is 12.0. The molecule has 3 nitrogen and oxygen atoms in total. The Morgan fingerprint density at radius 2 is 2.06 bits per heavy atom. The Bertz CT molecular complexity index is 405. The van der Waals surface area contributed by atoms with E-state index in [2.05, 4.69) is 28.6 Å². The Balaban J connectivity index is 2.19. The first-order chi connectivity index (χ1) is 7.68. The molecule has 2 rings (SSSR count). The number of rotatable bonds is 1.